The first kappa shape index (κ1) is 25.8. The second-order valence-electron chi connectivity index (χ2n) is 9.29. The average Bonchev–Trinajstić information content (AvgIpc) is 3.41. The van der Waals surface area contributed by atoms with Crippen LogP contribution in [0.5, 0.6) is 0 Å². The number of Topliss-reactive ketones (excluding diaryl/α,β-unsaturated/α-hetero) is 1. The van der Waals surface area contributed by atoms with Gasteiger partial charge in [-0.15, -0.1) is 0 Å². The largest absolute Gasteiger partial charge is 0.872 e. The molecule has 192 valence electrons. The molecule has 1 aliphatic rings. The van der Waals surface area contributed by atoms with Gasteiger partial charge >= 0.3 is 5.97 Å². The number of aromatic nitrogens is 2. The molecule has 9 nitrogen and oxygen atoms in total. The van der Waals surface area contributed by atoms with Crippen molar-refractivity contribution < 1.29 is 29.1 Å². The summed E-state index contributed by atoms with van der Waals surface area (Å²) in [6.07, 6.45) is 2.09. The van der Waals surface area contributed by atoms with E-state index in [2.05, 4.69) is 5.10 Å². The molecule has 0 radical (unpaired) electrons. The number of ketones is 1. The highest BCUT2D eigenvalue weighted by Crippen LogP contribution is 2.39. The van der Waals surface area contributed by atoms with E-state index in [1.165, 1.54) is 23.1 Å². The molecule has 2 heterocycles. The van der Waals surface area contributed by atoms with Gasteiger partial charge in [0.1, 0.15) is 0 Å². The Morgan fingerprint density at radius 2 is 1.76 bits per heavy atom. The number of para-hydroxylation sites is 1. The maximum absolute atomic E-state index is 13.8. The molecule has 1 aromatic heterocycles. The first-order valence-corrected chi connectivity index (χ1v) is 12.1. The minimum atomic E-state index is -0.865. The van der Waals surface area contributed by atoms with Gasteiger partial charge < -0.3 is 19.6 Å². The molecule has 4 rings (SSSR count). The van der Waals surface area contributed by atoms with Crippen LogP contribution in [0, 0.1) is 6.92 Å². The van der Waals surface area contributed by atoms with Crippen molar-refractivity contribution in [1.29, 1.82) is 0 Å². The highest BCUT2D eigenvalue weighted by molar-refractivity contribution is 6.46. The van der Waals surface area contributed by atoms with Crippen LogP contribution in [0.1, 0.15) is 39.6 Å². The van der Waals surface area contributed by atoms with Gasteiger partial charge in [-0.05, 0) is 36.8 Å². The van der Waals surface area contributed by atoms with E-state index in [1.807, 2.05) is 44.4 Å². The number of nitrogens with one attached hydrogen (secondary N) is 1. The van der Waals surface area contributed by atoms with Crippen LogP contribution in [0.4, 0.5) is 0 Å². The molecule has 1 saturated heterocycles. The number of carbonyl (C=O) groups is 3. The fourth-order valence-corrected chi connectivity index (χ4v) is 4.58. The minimum Gasteiger partial charge on any atom is -0.872 e. The predicted molar refractivity (Wildman–Crippen MR) is 135 cm³/mol. The summed E-state index contributed by atoms with van der Waals surface area (Å²) in [5.41, 5.74) is 2.40. The van der Waals surface area contributed by atoms with Crippen molar-refractivity contribution in [3.8, 4) is 5.69 Å². The van der Waals surface area contributed by atoms with Crippen LogP contribution in [-0.4, -0.2) is 66.6 Å². The van der Waals surface area contributed by atoms with Crippen molar-refractivity contribution in [1.82, 2.24) is 14.7 Å². The third-order valence-corrected chi connectivity index (χ3v) is 6.51. The number of nitrogens with zero attached hydrogens (tertiary/aromatic N) is 3. The second kappa shape index (κ2) is 10.8. The van der Waals surface area contributed by atoms with Crippen molar-refractivity contribution in [2.75, 3.05) is 34.3 Å². The van der Waals surface area contributed by atoms with Crippen LogP contribution in [0.15, 0.2) is 66.4 Å². The molecule has 1 amide bonds. The van der Waals surface area contributed by atoms with Gasteiger partial charge in [0.05, 0.1) is 51.2 Å². The smallest absolute Gasteiger partial charge is 0.337 e. The molecule has 3 aromatic rings. The Labute approximate surface area is 215 Å². The first-order valence-electron chi connectivity index (χ1n) is 12.1. The van der Waals surface area contributed by atoms with Gasteiger partial charge in [-0.25, -0.2) is 9.48 Å². The predicted octanol–water partition coefficient (Wildman–Crippen LogP) is 0.726. The number of methoxy groups -OCH3 is 1. The molecule has 0 aliphatic carbocycles. The van der Waals surface area contributed by atoms with Crippen LogP contribution in [0.25, 0.3) is 11.4 Å². The molecular weight excluding hydrogens is 472 g/mol. The standard InChI is InChI=1S/C28H30N4O5/c1-18-22(17-29-32(18)21-9-6-5-7-10-21)25(33)23-24(19-11-13-20(14-12-19)28(36)37-4)31(27(35)26(23)34)16-8-15-30(2)3/h5-7,9-14,17,24,33H,8,15-16H2,1-4H3/b25-23+. The zero-order chi connectivity index (χ0) is 26.7. The van der Waals surface area contributed by atoms with Crippen LogP contribution >= 0.6 is 0 Å². The zero-order valence-corrected chi connectivity index (χ0v) is 21.4. The lowest BCUT2D eigenvalue weighted by atomic mass is 9.94. The lowest BCUT2D eigenvalue weighted by Crippen LogP contribution is -3.05. The maximum atomic E-state index is 13.8. The Kier molecular flexibility index (Phi) is 7.54. The van der Waals surface area contributed by atoms with E-state index < -0.39 is 29.5 Å². The Morgan fingerprint density at radius 3 is 2.38 bits per heavy atom. The number of hydrogen-bond acceptors (Lipinski definition) is 6. The van der Waals surface area contributed by atoms with Gasteiger partial charge in [-0.3, -0.25) is 9.59 Å². The SMILES string of the molecule is COC(=O)c1ccc(C2/C(=C(\[O-])c3cnn(-c4ccccc4)c3C)C(=O)C(=O)N2CCC[NH+](C)C)cc1. The highest BCUT2D eigenvalue weighted by Gasteiger charge is 2.44. The zero-order valence-electron chi connectivity index (χ0n) is 21.4. The number of ether oxygens (including phenoxy) is 1. The number of esters is 1. The number of quaternary nitrogens is 1. The van der Waals surface area contributed by atoms with Crippen molar-refractivity contribution in [2.24, 2.45) is 0 Å². The van der Waals surface area contributed by atoms with Gasteiger partial charge in [0.2, 0.25) is 5.78 Å². The summed E-state index contributed by atoms with van der Waals surface area (Å²) in [5, 5.41) is 18.2. The second-order valence-corrected chi connectivity index (χ2v) is 9.29. The van der Waals surface area contributed by atoms with Crippen LogP contribution in [0.3, 0.4) is 0 Å². The van der Waals surface area contributed by atoms with E-state index >= 15 is 0 Å². The van der Waals surface area contributed by atoms with Gasteiger partial charge in [0, 0.05) is 29.8 Å². The number of carbonyl (C=O) groups excluding carboxylic acids is 3. The van der Waals surface area contributed by atoms with Crippen molar-refractivity contribution >= 4 is 23.4 Å². The average molecular weight is 503 g/mol. The molecular formula is C28H30N4O5. The van der Waals surface area contributed by atoms with Gasteiger partial charge in [-0.1, -0.05) is 36.1 Å². The summed E-state index contributed by atoms with van der Waals surface area (Å²) in [6, 6.07) is 14.9. The third kappa shape index (κ3) is 5.03. The van der Waals surface area contributed by atoms with Gasteiger partial charge in [-0.2, -0.15) is 5.10 Å². The maximum Gasteiger partial charge on any atom is 0.337 e. The Morgan fingerprint density at radius 1 is 1.08 bits per heavy atom. The molecule has 37 heavy (non-hydrogen) atoms. The monoisotopic (exact) mass is 502 g/mol. The number of amides is 1. The lowest BCUT2D eigenvalue weighted by Gasteiger charge is -2.27. The Balaban J connectivity index is 1.81. The van der Waals surface area contributed by atoms with E-state index in [4.69, 9.17) is 4.74 Å². The molecule has 1 N–H and O–H groups in total. The first-order chi connectivity index (χ1) is 17.7. The van der Waals surface area contributed by atoms with E-state index in [9.17, 15) is 19.5 Å². The molecule has 0 bridgehead atoms. The van der Waals surface area contributed by atoms with Crippen LogP contribution < -0.4 is 10.0 Å². The van der Waals surface area contributed by atoms with Crippen molar-refractivity contribution in [2.45, 2.75) is 19.4 Å². The number of benzene rings is 2. The van der Waals surface area contributed by atoms with E-state index in [1.54, 1.807) is 35.9 Å². The molecule has 1 unspecified atom stereocenters. The van der Waals surface area contributed by atoms with E-state index in [-0.39, 0.29) is 11.1 Å². The fraction of sp³-hybridized carbons (Fsp3) is 0.286. The number of likely N-dealkylation sites (tertiary alicyclic amines) is 1. The minimum absolute atomic E-state index is 0.108. The van der Waals surface area contributed by atoms with Crippen LogP contribution in [0.2, 0.25) is 0 Å². The molecule has 0 spiro atoms. The Hall–Kier alpha value is -4.24. The molecule has 9 heteroatoms. The molecule has 1 fully saturated rings. The topological polar surface area (TPSA) is 109 Å². The summed E-state index contributed by atoms with van der Waals surface area (Å²) >= 11 is 0. The summed E-state index contributed by atoms with van der Waals surface area (Å²) in [6.45, 7) is 2.86. The fourth-order valence-electron chi connectivity index (χ4n) is 4.58. The summed E-state index contributed by atoms with van der Waals surface area (Å²) in [4.78, 5) is 41.0. The van der Waals surface area contributed by atoms with E-state index in [0.717, 1.165) is 12.2 Å². The quantitative estimate of drug-likeness (QED) is 0.211. The molecule has 1 atom stereocenters. The summed E-state index contributed by atoms with van der Waals surface area (Å²) in [7, 11) is 5.31. The normalized spacial score (nSPS) is 17.0. The number of rotatable bonds is 8. The molecule has 0 saturated carbocycles. The van der Waals surface area contributed by atoms with Crippen molar-refractivity contribution in [3.63, 3.8) is 0 Å². The molecule has 2 aromatic carbocycles. The van der Waals surface area contributed by atoms with Crippen molar-refractivity contribution in [3.05, 3.63) is 88.8 Å². The lowest BCUT2D eigenvalue weighted by molar-refractivity contribution is -0.858. The number of hydrogen-bond donors (Lipinski definition) is 1. The Bertz CT molecular complexity index is 1340. The van der Waals surface area contributed by atoms with Gasteiger partial charge in [0.25, 0.3) is 5.91 Å². The summed E-state index contributed by atoms with van der Waals surface area (Å²) in [5.74, 6) is -2.54. The van der Waals surface area contributed by atoms with Crippen LogP contribution in [-0.2, 0) is 14.3 Å². The third-order valence-electron chi connectivity index (χ3n) is 6.51. The highest BCUT2D eigenvalue weighted by atomic mass is 16.5. The van der Waals surface area contributed by atoms with Gasteiger partial charge in [0.15, 0.2) is 0 Å². The molecule has 1 aliphatic heterocycles. The summed E-state index contributed by atoms with van der Waals surface area (Å²) < 4.78 is 6.40. The van der Waals surface area contributed by atoms with E-state index in [0.29, 0.717) is 29.8 Å².